The summed E-state index contributed by atoms with van der Waals surface area (Å²) in [4.78, 5) is 23.9. The van der Waals surface area contributed by atoms with Crippen molar-refractivity contribution in [1.82, 2.24) is 29.9 Å². The van der Waals surface area contributed by atoms with Crippen LogP contribution in [0.3, 0.4) is 0 Å². The summed E-state index contributed by atoms with van der Waals surface area (Å²) in [7, 11) is 1.64. The third kappa shape index (κ3) is 5.77. The lowest BCUT2D eigenvalue weighted by molar-refractivity contribution is -0.120. The SMILES string of the molecule is CCN1CCC(COc2cc3ncnc(-c4ccc(C(C(N)=O)n5cc(C(C)C)nn5)cc4)c3cc2OC)CC1. The zero-order valence-electron chi connectivity index (χ0n) is 23.6. The van der Waals surface area contributed by atoms with Crippen LogP contribution in [-0.2, 0) is 4.79 Å². The highest BCUT2D eigenvalue weighted by atomic mass is 16.5. The summed E-state index contributed by atoms with van der Waals surface area (Å²) in [6.07, 6.45) is 5.60. The molecule has 1 atom stereocenters. The van der Waals surface area contributed by atoms with E-state index in [0.29, 0.717) is 29.6 Å². The number of carbonyl (C=O) groups is 1. The van der Waals surface area contributed by atoms with Gasteiger partial charge in [-0.15, -0.1) is 5.10 Å². The third-order valence-electron chi connectivity index (χ3n) is 7.70. The fourth-order valence-electron chi connectivity index (χ4n) is 5.20. The van der Waals surface area contributed by atoms with E-state index in [1.165, 1.54) is 4.68 Å². The van der Waals surface area contributed by atoms with Gasteiger partial charge >= 0.3 is 0 Å². The minimum absolute atomic E-state index is 0.192. The summed E-state index contributed by atoms with van der Waals surface area (Å²) in [5, 5.41) is 9.18. The summed E-state index contributed by atoms with van der Waals surface area (Å²) in [5.74, 6) is 1.55. The van der Waals surface area contributed by atoms with Gasteiger partial charge in [0.1, 0.15) is 6.33 Å². The molecule has 0 saturated carbocycles. The number of carbonyl (C=O) groups excluding carboxylic acids is 1. The van der Waals surface area contributed by atoms with E-state index in [2.05, 4.69) is 32.1 Å². The lowest BCUT2D eigenvalue weighted by Gasteiger charge is -2.30. The number of piperidine rings is 1. The Morgan fingerprint density at radius 3 is 2.48 bits per heavy atom. The van der Waals surface area contributed by atoms with Crippen molar-refractivity contribution in [2.75, 3.05) is 33.4 Å². The molecule has 1 saturated heterocycles. The fraction of sp³-hybridized carbons (Fsp3) is 0.433. The van der Waals surface area contributed by atoms with E-state index in [4.69, 9.17) is 15.2 Å². The smallest absolute Gasteiger partial charge is 0.246 e. The average molecular weight is 544 g/mol. The van der Waals surface area contributed by atoms with Crippen LogP contribution in [0.15, 0.2) is 48.9 Å². The molecule has 0 bridgehead atoms. The molecule has 1 unspecified atom stereocenters. The number of benzene rings is 2. The highest BCUT2D eigenvalue weighted by Gasteiger charge is 2.23. The number of hydrogen-bond acceptors (Lipinski definition) is 8. The lowest BCUT2D eigenvalue weighted by atomic mass is 9.98. The Labute approximate surface area is 234 Å². The summed E-state index contributed by atoms with van der Waals surface area (Å²) in [6, 6.07) is 10.7. The van der Waals surface area contributed by atoms with Crippen LogP contribution in [0.1, 0.15) is 56.8 Å². The van der Waals surface area contributed by atoms with E-state index in [9.17, 15) is 4.79 Å². The molecular formula is C30H37N7O3. The van der Waals surface area contributed by atoms with Crippen molar-refractivity contribution in [1.29, 1.82) is 0 Å². The van der Waals surface area contributed by atoms with Crippen LogP contribution in [-0.4, -0.2) is 69.1 Å². The van der Waals surface area contributed by atoms with Gasteiger partial charge in [0.25, 0.3) is 0 Å². The predicted octanol–water partition coefficient (Wildman–Crippen LogP) is 4.21. The highest BCUT2D eigenvalue weighted by molar-refractivity contribution is 5.94. The van der Waals surface area contributed by atoms with Crippen molar-refractivity contribution in [2.45, 2.75) is 45.6 Å². The Balaban J connectivity index is 1.39. The van der Waals surface area contributed by atoms with Crippen LogP contribution in [0.2, 0.25) is 0 Å². The second-order valence-corrected chi connectivity index (χ2v) is 10.6. The van der Waals surface area contributed by atoms with E-state index in [1.807, 2.05) is 50.2 Å². The van der Waals surface area contributed by atoms with Crippen LogP contribution < -0.4 is 15.2 Å². The van der Waals surface area contributed by atoms with Gasteiger partial charge in [0, 0.05) is 17.0 Å². The van der Waals surface area contributed by atoms with Crippen molar-refractivity contribution in [2.24, 2.45) is 11.7 Å². The van der Waals surface area contributed by atoms with E-state index in [0.717, 1.165) is 60.3 Å². The molecule has 2 aromatic carbocycles. The molecule has 5 rings (SSSR count). The van der Waals surface area contributed by atoms with E-state index < -0.39 is 11.9 Å². The number of methoxy groups -OCH3 is 1. The maximum atomic E-state index is 12.4. The molecule has 1 aliphatic rings. The van der Waals surface area contributed by atoms with Crippen molar-refractivity contribution in [3.63, 3.8) is 0 Å². The number of rotatable bonds is 10. The highest BCUT2D eigenvalue weighted by Crippen LogP contribution is 2.36. The monoisotopic (exact) mass is 543 g/mol. The fourth-order valence-corrected chi connectivity index (χ4v) is 5.20. The van der Waals surface area contributed by atoms with E-state index in [1.54, 1.807) is 19.6 Å². The lowest BCUT2D eigenvalue weighted by Crippen LogP contribution is -2.35. The number of nitrogens with two attached hydrogens (primary N) is 1. The van der Waals surface area contributed by atoms with Crippen molar-refractivity contribution in [3.05, 3.63) is 60.2 Å². The number of hydrogen-bond donors (Lipinski definition) is 1. The number of amides is 1. The van der Waals surface area contributed by atoms with Crippen molar-refractivity contribution in [3.8, 4) is 22.8 Å². The van der Waals surface area contributed by atoms with Crippen LogP contribution in [0.5, 0.6) is 11.5 Å². The van der Waals surface area contributed by atoms with Gasteiger partial charge in [-0.1, -0.05) is 50.3 Å². The van der Waals surface area contributed by atoms with Gasteiger partial charge < -0.3 is 20.1 Å². The molecule has 3 heterocycles. The maximum Gasteiger partial charge on any atom is 0.246 e. The zero-order chi connectivity index (χ0) is 28.2. The van der Waals surface area contributed by atoms with Crippen LogP contribution >= 0.6 is 0 Å². The summed E-state index contributed by atoms with van der Waals surface area (Å²) in [6.45, 7) is 10.2. The Hall–Kier alpha value is -4.05. The molecule has 2 N–H and O–H groups in total. The van der Waals surface area contributed by atoms with Gasteiger partial charge in [-0.05, 0) is 55.9 Å². The molecule has 0 spiro atoms. The summed E-state index contributed by atoms with van der Waals surface area (Å²) < 4.78 is 13.5. The molecule has 0 aliphatic carbocycles. The average Bonchev–Trinajstić information content (AvgIpc) is 3.46. The first kappa shape index (κ1) is 27.5. The molecule has 2 aromatic heterocycles. The first-order chi connectivity index (χ1) is 19.4. The van der Waals surface area contributed by atoms with Crippen molar-refractivity contribution >= 4 is 16.8 Å². The maximum absolute atomic E-state index is 12.4. The molecule has 1 aliphatic heterocycles. The molecule has 1 amide bonds. The molecule has 0 radical (unpaired) electrons. The molecule has 40 heavy (non-hydrogen) atoms. The first-order valence-electron chi connectivity index (χ1n) is 13.9. The van der Waals surface area contributed by atoms with Gasteiger partial charge in [0.2, 0.25) is 5.91 Å². The molecule has 10 nitrogen and oxygen atoms in total. The number of primary amides is 1. The largest absolute Gasteiger partial charge is 0.493 e. The minimum atomic E-state index is -0.759. The summed E-state index contributed by atoms with van der Waals surface area (Å²) >= 11 is 0. The third-order valence-corrected chi connectivity index (χ3v) is 7.70. The van der Waals surface area contributed by atoms with Crippen molar-refractivity contribution < 1.29 is 14.3 Å². The Bertz CT molecular complexity index is 1460. The topological polar surface area (TPSA) is 121 Å². The van der Waals surface area contributed by atoms with Crippen LogP contribution in [0.25, 0.3) is 22.2 Å². The number of ether oxygens (including phenoxy) is 2. The second-order valence-electron chi connectivity index (χ2n) is 10.6. The van der Waals surface area contributed by atoms with Gasteiger partial charge in [-0.25, -0.2) is 14.6 Å². The Morgan fingerprint density at radius 1 is 1.10 bits per heavy atom. The summed E-state index contributed by atoms with van der Waals surface area (Å²) in [5.41, 5.74) is 9.68. The molecule has 210 valence electrons. The van der Waals surface area contributed by atoms with Gasteiger partial charge in [-0.3, -0.25) is 4.79 Å². The second kappa shape index (κ2) is 12.0. The first-order valence-corrected chi connectivity index (χ1v) is 13.9. The van der Waals surface area contributed by atoms with Gasteiger partial charge in [-0.2, -0.15) is 0 Å². The Morgan fingerprint density at radius 2 is 1.85 bits per heavy atom. The molecular weight excluding hydrogens is 506 g/mol. The number of fused-ring (bicyclic) bond motifs is 1. The zero-order valence-corrected chi connectivity index (χ0v) is 23.6. The molecule has 10 heteroatoms. The Kier molecular flexibility index (Phi) is 8.25. The molecule has 4 aromatic rings. The number of nitrogens with zero attached hydrogens (tertiary/aromatic N) is 6. The van der Waals surface area contributed by atoms with E-state index >= 15 is 0 Å². The molecule has 1 fully saturated rings. The van der Waals surface area contributed by atoms with E-state index in [-0.39, 0.29) is 5.92 Å². The standard InChI is InChI=1S/C30H37N7O3/c1-5-36-12-10-20(11-13-36)17-40-27-15-24-23(14-26(27)39-4)28(33-18-32-24)21-6-8-22(9-7-21)29(30(31)38)37-16-25(19(2)3)34-35-37/h6-9,14-16,18-20,29H,5,10-13,17H2,1-4H3,(H2,31,38). The van der Waals surface area contributed by atoms with Gasteiger partial charge in [0.05, 0.1) is 36.8 Å². The van der Waals surface area contributed by atoms with Crippen LogP contribution in [0.4, 0.5) is 0 Å². The minimum Gasteiger partial charge on any atom is -0.493 e. The van der Waals surface area contributed by atoms with Crippen LogP contribution in [0, 0.1) is 5.92 Å². The van der Waals surface area contributed by atoms with Gasteiger partial charge in [0.15, 0.2) is 17.5 Å². The number of aromatic nitrogens is 5. The number of likely N-dealkylation sites (tertiary alicyclic amines) is 1. The quantitative estimate of drug-likeness (QED) is 0.316. The predicted molar refractivity (Wildman–Crippen MR) is 153 cm³/mol. The normalized spacial score (nSPS) is 15.4.